The van der Waals surface area contributed by atoms with Crippen LogP contribution in [0.5, 0.6) is 5.75 Å². The van der Waals surface area contributed by atoms with Gasteiger partial charge in [0, 0.05) is 32.0 Å². The highest BCUT2D eigenvalue weighted by Crippen LogP contribution is 2.27. The van der Waals surface area contributed by atoms with Gasteiger partial charge < -0.3 is 15.3 Å². The van der Waals surface area contributed by atoms with Gasteiger partial charge in [0.1, 0.15) is 0 Å². The molecule has 0 radical (unpaired) electrons. The Morgan fingerprint density at radius 1 is 1.23 bits per heavy atom. The standard InChI is InChI=1S/C22H25N5O2.ClH/c1-15(2)16-5-7-18(8-6-16)27-14-20(28)21(25-27)22(29)26-11-10-24-13-19(26)17-4-3-9-23-12-17;/h3-9,12,14-15,19,24,28H,10-11,13H2,1-2H3;1H. The Morgan fingerprint density at radius 2 is 2.00 bits per heavy atom. The molecule has 2 aromatic heterocycles. The summed E-state index contributed by atoms with van der Waals surface area (Å²) in [5.74, 6) is 0.0335. The zero-order chi connectivity index (χ0) is 20.4. The molecule has 0 spiro atoms. The minimum atomic E-state index is -0.282. The lowest BCUT2D eigenvalue weighted by atomic mass is 10.0. The van der Waals surface area contributed by atoms with Gasteiger partial charge in [-0.15, -0.1) is 12.4 Å². The number of nitrogens with one attached hydrogen (secondary N) is 1. The average molecular weight is 428 g/mol. The predicted octanol–water partition coefficient (Wildman–Crippen LogP) is 3.30. The number of piperazine rings is 1. The van der Waals surface area contributed by atoms with E-state index in [0.717, 1.165) is 11.3 Å². The van der Waals surface area contributed by atoms with Crippen LogP contribution in [-0.4, -0.2) is 50.3 Å². The molecule has 1 unspecified atom stereocenters. The summed E-state index contributed by atoms with van der Waals surface area (Å²) in [4.78, 5) is 19.2. The first-order valence-corrected chi connectivity index (χ1v) is 9.85. The third-order valence-electron chi connectivity index (χ3n) is 5.30. The fourth-order valence-electron chi connectivity index (χ4n) is 3.62. The number of amides is 1. The van der Waals surface area contributed by atoms with E-state index in [2.05, 4.69) is 29.2 Å². The van der Waals surface area contributed by atoms with Crippen LogP contribution in [0.3, 0.4) is 0 Å². The fourth-order valence-corrected chi connectivity index (χ4v) is 3.62. The molecule has 1 aliphatic rings. The third kappa shape index (κ3) is 4.32. The van der Waals surface area contributed by atoms with Crippen LogP contribution in [0.25, 0.3) is 5.69 Å². The number of hydrogen-bond donors (Lipinski definition) is 2. The van der Waals surface area contributed by atoms with Gasteiger partial charge in [-0.05, 0) is 35.2 Å². The smallest absolute Gasteiger partial charge is 0.278 e. The molecule has 0 aliphatic carbocycles. The summed E-state index contributed by atoms with van der Waals surface area (Å²) in [6, 6.07) is 11.6. The molecule has 0 saturated carbocycles. The van der Waals surface area contributed by atoms with Crippen molar-refractivity contribution in [3.8, 4) is 11.4 Å². The van der Waals surface area contributed by atoms with E-state index in [9.17, 15) is 9.90 Å². The Morgan fingerprint density at radius 3 is 2.67 bits per heavy atom. The van der Waals surface area contributed by atoms with Crippen LogP contribution >= 0.6 is 12.4 Å². The summed E-state index contributed by atoms with van der Waals surface area (Å²) in [5.41, 5.74) is 3.04. The SMILES string of the molecule is CC(C)c1ccc(-n2cc(O)c(C(=O)N3CCNCC3c3cccnc3)n2)cc1.Cl. The van der Waals surface area contributed by atoms with E-state index in [-0.39, 0.29) is 35.8 Å². The maximum absolute atomic E-state index is 13.2. The fraction of sp³-hybridized carbons (Fsp3) is 0.318. The van der Waals surface area contributed by atoms with E-state index in [1.165, 1.54) is 11.8 Å². The Kier molecular flexibility index (Phi) is 6.74. The molecule has 0 bridgehead atoms. The number of pyridine rings is 1. The third-order valence-corrected chi connectivity index (χ3v) is 5.30. The van der Waals surface area contributed by atoms with Crippen LogP contribution < -0.4 is 5.32 Å². The quantitative estimate of drug-likeness (QED) is 0.667. The molecule has 1 saturated heterocycles. The molecule has 3 heterocycles. The first-order chi connectivity index (χ1) is 14.0. The Labute approximate surface area is 182 Å². The molecule has 8 heteroatoms. The summed E-state index contributed by atoms with van der Waals surface area (Å²) in [5, 5.41) is 18.2. The van der Waals surface area contributed by atoms with E-state index in [0.29, 0.717) is 25.6 Å². The molecule has 1 amide bonds. The summed E-state index contributed by atoms with van der Waals surface area (Å²) < 4.78 is 1.55. The molecule has 30 heavy (non-hydrogen) atoms. The van der Waals surface area contributed by atoms with Crippen molar-refractivity contribution >= 4 is 18.3 Å². The first kappa shape index (κ1) is 21.8. The van der Waals surface area contributed by atoms with E-state index < -0.39 is 0 Å². The molecular weight excluding hydrogens is 402 g/mol. The summed E-state index contributed by atoms with van der Waals surface area (Å²) in [6.07, 6.45) is 4.97. The molecule has 4 rings (SSSR count). The normalized spacial score (nSPS) is 16.4. The Bertz CT molecular complexity index is 989. The minimum Gasteiger partial charge on any atom is -0.504 e. The topological polar surface area (TPSA) is 83.3 Å². The van der Waals surface area contributed by atoms with Crippen LogP contribution in [-0.2, 0) is 0 Å². The van der Waals surface area contributed by atoms with Crippen molar-refractivity contribution < 1.29 is 9.90 Å². The summed E-state index contributed by atoms with van der Waals surface area (Å²) in [6.45, 7) is 6.14. The number of halogens is 1. The maximum atomic E-state index is 13.2. The zero-order valence-corrected chi connectivity index (χ0v) is 17.8. The second-order valence-corrected chi connectivity index (χ2v) is 7.56. The van der Waals surface area contributed by atoms with Crippen molar-refractivity contribution in [3.63, 3.8) is 0 Å². The predicted molar refractivity (Wildman–Crippen MR) is 117 cm³/mol. The van der Waals surface area contributed by atoms with Gasteiger partial charge in [-0.25, -0.2) is 4.68 Å². The Balaban J connectivity index is 0.00000256. The number of rotatable bonds is 4. The van der Waals surface area contributed by atoms with Gasteiger partial charge in [0.25, 0.3) is 5.91 Å². The van der Waals surface area contributed by atoms with Gasteiger partial charge in [0.2, 0.25) is 0 Å². The monoisotopic (exact) mass is 427 g/mol. The number of benzene rings is 1. The Hall–Kier alpha value is -2.90. The molecule has 2 N–H and O–H groups in total. The highest BCUT2D eigenvalue weighted by Gasteiger charge is 2.31. The molecule has 1 aliphatic heterocycles. The van der Waals surface area contributed by atoms with E-state index in [1.54, 1.807) is 22.0 Å². The number of nitrogens with zero attached hydrogens (tertiary/aromatic N) is 4. The molecule has 7 nitrogen and oxygen atoms in total. The van der Waals surface area contributed by atoms with Gasteiger partial charge in [-0.2, -0.15) is 5.10 Å². The highest BCUT2D eigenvalue weighted by molar-refractivity contribution is 5.95. The average Bonchev–Trinajstić information content (AvgIpc) is 3.15. The van der Waals surface area contributed by atoms with Gasteiger partial charge in [0.15, 0.2) is 11.4 Å². The largest absolute Gasteiger partial charge is 0.504 e. The maximum Gasteiger partial charge on any atom is 0.278 e. The van der Waals surface area contributed by atoms with Gasteiger partial charge in [-0.3, -0.25) is 9.78 Å². The van der Waals surface area contributed by atoms with Crippen LogP contribution in [0.2, 0.25) is 0 Å². The van der Waals surface area contributed by atoms with Crippen LogP contribution in [0, 0.1) is 0 Å². The van der Waals surface area contributed by atoms with E-state index >= 15 is 0 Å². The second kappa shape index (κ2) is 9.28. The number of aromatic hydroxyl groups is 1. The number of carbonyl (C=O) groups is 1. The van der Waals surface area contributed by atoms with Crippen molar-refractivity contribution in [2.24, 2.45) is 0 Å². The molecule has 1 fully saturated rings. The molecule has 1 atom stereocenters. The number of aromatic nitrogens is 3. The molecule has 1 aromatic carbocycles. The minimum absolute atomic E-state index is 0. The highest BCUT2D eigenvalue weighted by atomic mass is 35.5. The summed E-state index contributed by atoms with van der Waals surface area (Å²) >= 11 is 0. The van der Waals surface area contributed by atoms with Crippen molar-refractivity contribution in [2.45, 2.75) is 25.8 Å². The summed E-state index contributed by atoms with van der Waals surface area (Å²) in [7, 11) is 0. The van der Waals surface area contributed by atoms with Crippen molar-refractivity contribution in [1.29, 1.82) is 0 Å². The van der Waals surface area contributed by atoms with Crippen molar-refractivity contribution in [3.05, 3.63) is 71.8 Å². The van der Waals surface area contributed by atoms with Gasteiger partial charge in [0.05, 0.1) is 17.9 Å². The second-order valence-electron chi connectivity index (χ2n) is 7.56. The zero-order valence-electron chi connectivity index (χ0n) is 17.0. The van der Waals surface area contributed by atoms with E-state index in [4.69, 9.17) is 0 Å². The van der Waals surface area contributed by atoms with E-state index in [1.807, 2.05) is 36.4 Å². The van der Waals surface area contributed by atoms with Gasteiger partial charge >= 0.3 is 0 Å². The van der Waals surface area contributed by atoms with Crippen LogP contribution in [0.1, 0.15) is 47.4 Å². The number of hydrogen-bond acceptors (Lipinski definition) is 5. The molecule has 158 valence electrons. The van der Waals surface area contributed by atoms with Crippen molar-refractivity contribution in [1.82, 2.24) is 25.0 Å². The molecule has 3 aromatic rings. The lowest BCUT2D eigenvalue weighted by molar-refractivity contribution is 0.0624. The first-order valence-electron chi connectivity index (χ1n) is 9.85. The van der Waals surface area contributed by atoms with Gasteiger partial charge in [-0.1, -0.05) is 32.0 Å². The van der Waals surface area contributed by atoms with Crippen molar-refractivity contribution in [2.75, 3.05) is 19.6 Å². The molecular formula is C22H26ClN5O2. The lowest BCUT2D eigenvalue weighted by Gasteiger charge is -2.36. The van der Waals surface area contributed by atoms with Crippen LogP contribution in [0.4, 0.5) is 0 Å². The van der Waals surface area contributed by atoms with Crippen LogP contribution in [0.15, 0.2) is 55.0 Å². The lowest BCUT2D eigenvalue weighted by Crippen LogP contribution is -2.48. The number of carbonyl (C=O) groups excluding carboxylic acids is 1.